The number of ether oxygens (including phenoxy) is 2. The molecule has 0 radical (unpaired) electrons. The van der Waals surface area contributed by atoms with Crippen LogP contribution in [0.5, 0.6) is 5.75 Å². The number of benzene rings is 1. The number of hydrogen-bond donors (Lipinski definition) is 5. The maximum atomic E-state index is 13.4. The Morgan fingerprint density at radius 1 is 0.932 bits per heavy atom. The fourth-order valence-corrected chi connectivity index (χ4v) is 5.01. The van der Waals surface area contributed by atoms with Crippen molar-refractivity contribution < 1.29 is 33.4 Å². The van der Waals surface area contributed by atoms with Gasteiger partial charge in [0.15, 0.2) is 0 Å². The predicted octanol–water partition coefficient (Wildman–Crippen LogP) is 0.192. The number of hydrogen-bond acceptors (Lipinski definition) is 8. The van der Waals surface area contributed by atoms with Gasteiger partial charge in [-0.3, -0.25) is 28.9 Å². The molecule has 1 aromatic rings. The lowest BCUT2D eigenvalue weighted by atomic mass is 9.99. The van der Waals surface area contributed by atoms with Gasteiger partial charge in [-0.25, -0.2) is 0 Å². The molecule has 13 heteroatoms. The molecule has 5 amide bonds. The van der Waals surface area contributed by atoms with Crippen molar-refractivity contribution in [2.24, 2.45) is 11.8 Å². The Balaban J connectivity index is 1.83. The number of nitrogens with one attached hydrogen (secondary N) is 5. The Kier molecular flexibility index (Phi) is 13.4. The predicted molar refractivity (Wildman–Crippen MR) is 164 cm³/mol. The lowest BCUT2D eigenvalue weighted by Crippen LogP contribution is -2.58. The van der Waals surface area contributed by atoms with Gasteiger partial charge in [0, 0.05) is 19.6 Å². The van der Waals surface area contributed by atoms with Gasteiger partial charge in [-0.05, 0) is 43.9 Å². The van der Waals surface area contributed by atoms with Crippen LogP contribution in [0.1, 0.15) is 57.8 Å². The van der Waals surface area contributed by atoms with Crippen molar-refractivity contribution >= 4 is 29.5 Å². The van der Waals surface area contributed by atoms with Gasteiger partial charge in [0.1, 0.15) is 30.5 Å². The number of carbonyl (C=O) groups is 5. The zero-order valence-electron chi connectivity index (χ0n) is 26.4. The third-order valence-electron chi connectivity index (χ3n) is 7.59. The van der Waals surface area contributed by atoms with E-state index in [-0.39, 0.29) is 35.7 Å². The van der Waals surface area contributed by atoms with E-state index in [0.29, 0.717) is 26.2 Å². The van der Waals surface area contributed by atoms with Crippen LogP contribution in [-0.4, -0.2) is 105 Å². The first-order valence-corrected chi connectivity index (χ1v) is 15.5. The number of morpholine rings is 1. The summed E-state index contributed by atoms with van der Waals surface area (Å²) >= 11 is 0. The van der Waals surface area contributed by atoms with Gasteiger partial charge in [-0.2, -0.15) is 0 Å². The summed E-state index contributed by atoms with van der Waals surface area (Å²) < 4.78 is 11.3. The van der Waals surface area contributed by atoms with E-state index >= 15 is 0 Å². The van der Waals surface area contributed by atoms with Gasteiger partial charge in [-0.15, -0.1) is 0 Å². The van der Waals surface area contributed by atoms with Crippen molar-refractivity contribution in [2.45, 2.75) is 71.6 Å². The molecule has 44 heavy (non-hydrogen) atoms. The average molecular weight is 617 g/mol. The van der Waals surface area contributed by atoms with Crippen molar-refractivity contribution in [3.05, 3.63) is 29.8 Å². The van der Waals surface area contributed by atoms with E-state index in [2.05, 4.69) is 31.5 Å². The van der Waals surface area contributed by atoms with Crippen molar-refractivity contribution in [1.29, 1.82) is 0 Å². The molecular formula is C31H48N6O7. The third-order valence-corrected chi connectivity index (χ3v) is 7.59. The number of carbonyl (C=O) groups excluding carboxylic acids is 5. The minimum absolute atomic E-state index is 0.0521. The fraction of sp³-hybridized carbons (Fsp3) is 0.645. The van der Waals surface area contributed by atoms with E-state index in [0.717, 1.165) is 19.6 Å². The van der Waals surface area contributed by atoms with Gasteiger partial charge in [0.25, 0.3) is 5.91 Å². The van der Waals surface area contributed by atoms with Gasteiger partial charge in [-0.1, -0.05) is 39.8 Å². The normalized spacial score (nSPS) is 24.7. The van der Waals surface area contributed by atoms with Crippen LogP contribution in [0, 0.1) is 11.8 Å². The number of rotatable bonds is 7. The summed E-state index contributed by atoms with van der Waals surface area (Å²) in [5, 5.41) is 13.9. The van der Waals surface area contributed by atoms with Crippen LogP contribution < -0.4 is 31.3 Å². The highest BCUT2D eigenvalue weighted by molar-refractivity contribution is 6.01. The second-order valence-corrected chi connectivity index (χ2v) is 12.1. The van der Waals surface area contributed by atoms with Crippen molar-refractivity contribution in [3.8, 4) is 5.75 Å². The van der Waals surface area contributed by atoms with E-state index < -0.39 is 54.2 Å². The molecule has 1 fully saturated rings. The monoisotopic (exact) mass is 616 g/mol. The minimum Gasteiger partial charge on any atom is -0.491 e. The summed E-state index contributed by atoms with van der Waals surface area (Å²) in [7, 11) is 0. The van der Waals surface area contributed by atoms with Crippen LogP contribution in [0.4, 0.5) is 0 Å². The maximum absolute atomic E-state index is 13.4. The Morgan fingerprint density at radius 3 is 2.25 bits per heavy atom. The van der Waals surface area contributed by atoms with Gasteiger partial charge >= 0.3 is 0 Å². The summed E-state index contributed by atoms with van der Waals surface area (Å²) in [6.07, 6.45) is 0.290. The zero-order chi connectivity index (χ0) is 32.2. The van der Waals surface area contributed by atoms with Gasteiger partial charge < -0.3 is 36.1 Å². The summed E-state index contributed by atoms with van der Waals surface area (Å²) in [4.78, 5) is 68.7. The molecule has 1 aromatic carbocycles. The largest absolute Gasteiger partial charge is 0.491 e. The zero-order valence-corrected chi connectivity index (χ0v) is 26.4. The molecule has 13 nitrogen and oxygen atoms in total. The summed E-state index contributed by atoms with van der Waals surface area (Å²) in [5.41, 5.74) is 0.179. The molecule has 0 unspecified atom stereocenters. The standard InChI is InChI=1S/C31H48N6O7/c1-19(2)26-31(42)36-27(20(3)4)30(41)33-21(5)18-44-24-10-7-6-9-22(24)28(39)34-23(17-25(38)35-26)29(40)32-11-8-12-37-13-15-43-16-14-37/h6-7,9-10,19-21,23,26-27H,8,11-18H2,1-5H3,(H,32,40)(H,33,41)(H,34,39)(H,35,38)(H,36,42)/t21-,23-,26-,27+/m0/s1. The summed E-state index contributed by atoms with van der Waals surface area (Å²) in [6.45, 7) is 13.1. The number of fused-ring (bicyclic) bond motifs is 1. The third kappa shape index (κ3) is 10.5. The van der Waals surface area contributed by atoms with E-state index in [1.54, 1.807) is 45.0 Å². The van der Waals surface area contributed by atoms with Crippen LogP contribution in [0.25, 0.3) is 0 Å². The molecule has 244 valence electrons. The molecule has 2 heterocycles. The Hall–Kier alpha value is -3.71. The summed E-state index contributed by atoms with van der Waals surface area (Å²) in [6, 6.07) is 3.06. The topological polar surface area (TPSA) is 167 Å². The number of para-hydroxylation sites is 1. The lowest BCUT2D eigenvalue weighted by Gasteiger charge is -2.28. The molecule has 2 aliphatic rings. The van der Waals surface area contributed by atoms with Crippen LogP contribution >= 0.6 is 0 Å². The molecule has 2 aliphatic heterocycles. The van der Waals surface area contributed by atoms with Crippen molar-refractivity contribution in [1.82, 2.24) is 31.5 Å². The lowest BCUT2D eigenvalue weighted by molar-refractivity contribution is -0.134. The highest BCUT2D eigenvalue weighted by Crippen LogP contribution is 2.19. The van der Waals surface area contributed by atoms with Crippen molar-refractivity contribution in [3.63, 3.8) is 0 Å². The molecule has 0 aliphatic carbocycles. The van der Waals surface area contributed by atoms with Crippen molar-refractivity contribution in [2.75, 3.05) is 46.0 Å². The Morgan fingerprint density at radius 2 is 1.57 bits per heavy atom. The second-order valence-electron chi connectivity index (χ2n) is 12.1. The molecule has 0 aromatic heterocycles. The van der Waals surface area contributed by atoms with E-state index in [1.165, 1.54) is 0 Å². The quantitative estimate of drug-likeness (QED) is 0.271. The van der Waals surface area contributed by atoms with Gasteiger partial charge in [0.2, 0.25) is 23.6 Å². The second kappa shape index (κ2) is 17.0. The summed E-state index contributed by atoms with van der Waals surface area (Å²) in [5.74, 6) is -2.91. The first-order chi connectivity index (χ1) is 21.0. The van der Waals surface area contributed by atoms with Crippen LogP contribution in [0.3, 0.4) is 0 Å². The molecule has 0 saturated carbocycles. The smallest absolute Gasteiger partial charge is 0.255 e. The van der Waals surface area contributed by atoms with Crippen LogP contribution in [0.2, 0.25) is 0 Å². The highest BCUT2D eigenvalue weighted by atomic mass is 16.5. The Labute approximate surface area is 259 Å². The molecule has 0 spiro atoms. The SMILES string of the molecule is CC(C)[C@@H]1NC(=O)C[C@@H](C(=O)NCCCN2CCOCC2)NC(=O)c2ccccc2OC[C@H](C)NC(=O)[C@@H](C(C)C)NC1=O. The Bertz CT molecular complexity index is 1150. The van der Waals surface area contributed by atoms with Gasteiger partial charge in [0.05, 0.1) is 31.2 Å². The van der Waals surface area contributed by atoms with Crippen LogP contribution in [0.15, 0.2) is 24.3 Å². The molecule has 1 saturated heterocycles. The molecule has 5 N–H and O–H groups in total. The molecule has 4 atom stereocenters. The molecule has 0 bridgehead atoms. The highest BCUT2D eigenvalue weighted by Gasteiger charge is 2.33. The van der Waals surface area contributed by atoms with E-state index in [9.17, 15) is 24.0 Å². The van der Waals surface area contributed by atoms with E-state index in [4.69, 9.17) is 9.47 Å². The number of nitrogens with zero attached hydrogens (tertiary/aromatic N) is 1. The first-order valence-electron chi connectivity index (χ1n) is 15.5. The first kappa shape index (κ1) is 34.8. The van der Waals surface area contributed by atoms with Crippen LogP contribution in [-0.2, 0) is 23.9 Å². The molecular weight excluding hydrogens is 568 g/mol. The van der Waals surface area contributed by atoms with E-state index in [1.807, 2.05) is 13.8 Å². The fourth-order valence-electron chi connectivity index (χ4n) is 5.01. The molecule has 3 rings (SSSR count). The minimum atomic E-state index is -1.21. The maximum Gasteiger partial charge on any atom is 0.255 e. The number of amides is 5. The average Bonchev–Trinajstić information content (AvgIpc) is 2.99.